The first-order chi connectivity index (χ1) is 10.5. The third kappa shape index (κ3) is 4.02. The van der Waals surface area contributed by atoms with Gasteiger partial charge in [-0.15, -0.1) is 0 Å². The van der Waals surface area contributed by atoms with Gasteiger partial charge in [0.1, 0.15) is 5.78 Å². The number of hydrogen-bond acceptors (Lipinski definition) is 3. The standard InChI is InChI=1S/C17H14ClNO3/c1-11(20)9-16(21)19-15-10-13(7-8-14(15)18)17(22)12-5-3-2-4-6-12/h2-8,10H,9H2,1H3,(H,19,21). The Morgan fingerprint density at radius 3 is 2.32 bits per heavy atom. The molecule has 0 heterocycles. The van der Waals surface area contributed by atoms with Crippen molar-refractivity contribution in [1.29, 1.82) is 0 Å². The van der Waals surface area contributed by atoms with Crippen LogP contribution in [0.15, 0.2) is 48.5 Å². The number of carbonyl (C=O) groups excluding carboxylic acids is 3. The molecule has 1 N–H and O–H groups in total. The van der Waals surface area contributed by atoms with Gasteiger partial charge in [0.15, 0.2) is 5.78 Å². The number of halogens is 1. The summed E-state index contributed by atoms with van der Waals surface area (Å²) in [6, 6.07) is 13.5. The second-order valence-corrected chi connectivity index (χ2v) is 5.22. The molecule has 4 nitrogen and oxygen atoms in total. The maximum absolute atomic E-state index is 12.4. The lowest BCUT2D eigenvalue weighted by Gasteiger charge is -2.09. The van der Waals surface area contributed by atoms with E-state index < -0.39 is 5.91 Å². The number of ketones is 2. The van der Waals surface area contributed by atoms with Crippen LogP contribution in [0.2, 0.25) is 5.02 Å². The molecule has 0 saturated carbocycles. The summed E-state index contributed by atoms with van der Waals surface area (Å²) in [7, 11) is 0. The molecule has 0 aromatic heterocycles. The molecular formula is C17H14ClNO3. The minimum absolute atomic E-state index is 0.167. The van der Waals surface area contributed by atoms with Gasteiger partial charge in [-0.1, -0.05) is 41.9 Å². The Morgan fingerprint density at radius 2 is 1.68 bits per heavy atom. The van der Waals surface area contributed by atoms with Gasteiger partial charge >= 0.3 is 0 Å². The summed E-state index contributed by atoms with van der Waals surface area (Å²) in [5.41, 5.74) is 1.27. The monoisotopic (exact) mass is 315 g/mol. The Morgan fingerprint density at radius 1 is 1.00 bits per heavy atom. The van der Waals surface area contributed by atoms with Crippen molar-refractivity contribution >= 4 is 34.8 Å². The Kier molecular flexibility index (Phi) is 5.07. The third-order valence-corrected chi connectivity index (χ3v) is 3.28. The SMILES string of the molecule is CC(=O)CC(=O)Nc1cc(C(=O)c2ccccc2)ccc1Cl. The molecular weight excluding hydrogens is 302 g/mol. The first-order valence-electron chi connectivity index (χ1n) is 6.66. The molecule has 0 bridgehead atoms. The molecule has 2 aromatic carbocycles. The van der Waals surface area contributed by atoms with Gasteiger partial charge in [-0.05, 0) is 25.1 Å². The summed E-state index contributed by atoms with van der Waals surface area (Å²) >= 11 is 6.02. The van der Waals surface area contributed by atoms with Crippen molar-refractivity contribution in [2.75, 3.05) is 5.32 Å². The van der Waals surface area contributed by atoms with Crippen molar-refractivity contribution in [3.8, 4) is 0 Å². The molecule has 0 aliphatic heterocycles. The van der Waals surface area contributed by atoms with Crippen LogP contribution in [-0.2, 0) is 9.59 Å². The van der Waals surface area contributed by atoms with Crippen LogP contribution in [0.3, 0.4) is 0 Å². The number of anilines is 1. The van der Waals surface area contributed by atoms with Crippen LogP contribution in [0.25, 0.3) is 0 Å². The van der Waals surface area contributed by atoms with E-state index >= 15 is 0 Å². The molecule has 0 spiro atoms. The largest absolute Gasteiger partial charge is 0.324 e. The van der Waals surface area contributed by atoms with E-state index in [4.69, 9.17) is 11.6 Å². The van der Waals surface area contributed by atoms with E-state index in [0.29, 0.717) is 21.8 Å². The summed E-state index contributed by atoms with van der Waals surface area (Å²) in [4.78, 5) is 35.0. The van der Waals surface area contributed by atoms with Crippen molar-refractivity contribution in [3.63, 3.8) is 0 Å². The quantitative estimate of drug-likeness (QED) is 0.678. The van der Waals surface area contributed by atoms with E-state index in [1.54, 1.807) is 36.4 Å². The van der Waals surface area contributed by atoms with Crippen LogP contribution in [0.4, 0.5) is 5.69 Å². The van der Waals surface area contributed by atoms with Gasteiger partial charge < -0.3 is 5.32 Å². The highest BCUT2D eigenvalue weighted by molar-refractivity contribution is 6.34. The molecule has 2 rings (SSSR count). The smallest absolute Gasteiger partial charge is 0.231 e. The van der Waals surface area contributed by atoms with Gasteiger partial charge in [0, 0.05) is 11.1 Å². The number of benzene rings is 2. The molecule has 0 saturated heterocycles. The number of rotatable bonds is 5. The van der Waals surface area contributed by atoms with Crippen LogP contribution in [0.1, 0.15) is 29.3 Å². The van der Waals surface area contributed by atoms with E-state index in [2.05, 4.69) is 5.32 Å². The summed E-state index contributed by atoms with van der Waals surface area (Å²) in [6.07, 6.45) is -0.229. The molecule has 0 aliphatic rings. The molecule has 0 fully saturated rings. The van der Waals surface area contributed by atoms with Crippen LogP contribution in [-0.4, -0.2) is 17.5 Å². The predicted octanol–water partition coefficient (Wildman–Crippen LogP) is 3.49. The zero-order valence-electron chi connectivity index (χ0n) is 11.9. The summed E-state index contributed by atoms with van der Waals surface area (Å²) in [5, 5.41) is 2.85. The minimum Gasteiger partial charge on any atom is -0.324 e. The van der Waals surface area contributed by atoms with Gasteiger partial charge in [-0.25, -0.2) is 0 Å². The molecule has 0 aliphatic carbocycles. The first kappa shape index (κ1) is 15.9. The fourth-order valence-electron chi connectivity index (χ4n) is 1.94. The first-order valence-corrected chi connectivity index (χ1v) is 7.04. The topological polar surface area (TPSA) is 63.2 Å². The Bertz CT molecular complexity index is 726. The average Bonchev–Trinajstić information content (AvgIpc) is 2.49. The van der Waals surface area contributed by atoms with Gasteiger partial charge in [0.25, 0.3) is 0 Å². The van der Waals surface area contributed by atoms with Crippen molar-refractivity contribution in [2.24, 2.45) is 0 Å². The van der Waals surface area contributed by atoms with Crippen molar-refractivity contribution in [2.45, 2.75) is 13.3 Å². The predicted molar refractivity (Wildman–Crippen MR) is 85.3 cm³/mol. The highest BCUT2D eigenvalue weighted by Gasteiger charge is 2.13. The van der Waals surface area contributed by atoms with E-state index in [1.807, 2.05) is 6.07 Å². The lowest BCUT2D eigenvalue weighted by atomic mass is 10.0. The molecule has 5 heteroatoms. The van der Waals surface area contributed by atoms with Gasteiger partial charge in [0.05, 0.1) is 17.1 Å². The van der Waals surface area contributed by atoms with Crippen molar-refractivity contribution in [3.05, 3.63) is 64.7 Å². The van der Waals surface area contributed by atoms with Gasteiger partial charge in [0.2, 0.25) is 5.91 Å². The van der Waals surface area contributed by atoms with Crippen molar-refractivity contribution < 1.29 is 14.4 Å². The molecule has 1 amide bonds. The summed E-state index contributed by atoms with van der Waals surface area (Å²) in [6.45, 7) is 1.33. The minimum atomic E-state index is -0.460. The number of amides is 1. The Balaban J connectivity index is 2.25. The van der Waals surface area contributed by atoms with E-state index in [9.17, 15) is 14.4 Å². The van der Waals surface area contributed by atoms with E-state index in [0.717, 1.165) is 0 Å². The molecule has 112 valence electrons. The van der Waals surface area contributed by atoms with Gasteiger partial charge in [-0.2, -0.15) is 0 Å². The highest BCUT2D eigenvalue weighted by Crippen LogP contribution is 2.24. The second kappa shape index (κ2) is 7.00. The van der Waals surface area contributed by atoms with E-state index in [-0.39, 0.29) is 18.0 Å². The van der Waals surface area contributed by atoms with Crippen molar-refractivity contribution in [1.82, 2.24) is 0 Å². The maximum atomic E-state index is 12.4. The van der Waals surface area contributed by atoms with Crippen LogP contribution < -0.4 is 5.32 Å². The molecule has 0 radical (unpaired) electrons. The fourth-order valence-corrected chi connectivity index (χ4v) is 2.10. The number of hydrogen-bond donors (Lipinski definition) is 1. The molecule has 22 heavy (non-hydrogen) atoms. The average molecular weight is 316 g/mol. The third-order valence-electron chi connectivity index (χ3n) is 2.95. The highest BCUT2D eigenvalue weighted by atomic mass is 35.5. The normalized spacial score (nSPS) is 10.1. The van der Waals surface area contributed by atoms with Crippen LogP contribution in [0, 0.1) is 0 Å². The van der Waals surface area contributed by atoms with Crippen LogP contribution >= 0.6 is 11.6 Å². The number of nitrogens with one attached hydrogen (secondary N) is 1. The molecule has 0 unspecified atom stereocenters. The maximum Gasteiger partial charge on any atom is 0.231 e. The lowest BCUT2D eigenvalue weighted by molar-refractivity contribution is -0.124. The molecule has 2 aromatic rings. The number of Topliss-reactive ketones (excluding diaryl/α,β-unsaturated/α-hetero) is 1. The Hall–Kier alpha value is -2.46. The van der Waals surface area contributed by atoms with Gasteiger partial charge in [-0.3, -0.25) is 14.4 Å². The Labute approximate surface area is 133 Å². The lowest BCUT2D eigenvalue weighted by Crippen LogP contribution is -2.15. The van der Waals surface area contributed by atoms with Crippen LogP contribution in [0.5, 0.6) is 0 Å². The molecule has 0 atom stereocenters. The summed E-state index contributed by atoms with van der Waals surface area (Å²) < 4.78 is 0. The zero-order valence-corrected chi connectivity index (χ0v) is 12.7. The fraction of sp³-hybridized carbons (Fsp3) is 0.118. The number of carbonyl (C=O) groups is 3. The zero-order chi connectivity index (χ0) is 16.1. The second-order valence-electron chi connectivity index (χ2n) is 4.82. The van der Waals surface area contributed by atoms with E-state index in [1.165, 1.54) is 13.0 Å². The summed E-state index contributed by atoms with van der Waals surface area (Å²) in [5.74, 6) is -0.872.